The van der Waals surface area contributed by atoms with Crippen molar-refractivity contribution in [1.29, 1.82) is 0 Å². The molecule has 0 spiro atoms. The van der Waals surface area contributed by atoms with Crippen LogP contribution in [-0.4, -0.2) is 53.7 Å². The summed E-state index contributed by atoms with van der Waals surface area (Å²) in [6.45, 7) is 5.43. The molecule has 1 N–H and O–H groups in total. The van der Waals surface area contributed by atoms with Gasteiger partial charge in [0.1, 0.15) is 0 Å². The molecule has 3 nitrogen and oxygen atoms in total. The highest BCUT2D eigenvalue weighted by Crippen LogP contribution is 2.26. The number of β-amino-alcohol motifs (C(OH)–C–C–N with tert-alkyl or cyclic N) is 1. The van der Waals surface area contributed by atoms with E-state index in [0.717, 1.165) is 24.7 Å². The zero-order chi connectivity index (χ0) is 14.7. The zero-order valence-electron chi connectivity index (χ0n) is 12.5. The Labute approximate surface area is 132 Å². The molecule has 0 aliphatic carbocycles. The molecule has 2 fully saturated rings. The number of aliphatic hydroxyl groups is 1. The van der Waals surface area contributed by atoms with Crippen molar-refractivity contribution in [1.82, 2.24) is 9.80 Å². The molecule has 0 amide bonds. The molecule has 0 aromatic heterocycles. The summed E-state index contributed by atoms with van der Waals surface area (Å²) in [6, 6.07) is 8.37. The number of rotatable bonds is 4. The van der Waals surface area contributed by atoms with E-state index in [1.54, 1.807) is 0 Å². The topological polar surface area (TPSA) is 26.7 Å². The van der Waals surface area contributed by atoms with E-state index in [9.17, 15) is 5.11 Å². The molecule has 2 saturated heterocycles. The first-order chi connectivity index (χ1) is 10.2. The summed E-state index contributed by atoms with van der Waals surface area (Å²) in [5.74, 6) is 0. The lowest BCUT2D eigenvalue weighted by atomic mass is 10.0. The quantitative estimate of drug-likeness (QED) is 0.926. The van der Waals surface area contributed by atoms with Crippen molar-refractivity contribution in [3.8, 4) is 0 Å². The van der Waals surface area contributed by atoms with E-state index in [4.69, 9.17) is 11.6 Å². The normalized spacial score (nSPS) is 23.5. The molecule has 2 aliphatic rings. The minimum atomic E-state index is -0.484. The summed E-state index contributed by atoms with van der Waals surface area (Å²) in [7, 11) is 0. The Hall–Kier alpha value is -0.610. The maximum absolute atomic E-state index is 10.4. The second kappa shape index (κ2) is 7.10. The molecule has 1 aromatic rings. The average Bonchev–Trinajstić information content (AvgIpc) is 3.02. The number of aliphatic hydroxyl groups excluding tert-OH is 1. The highest BCUT2D eigenvalue weighted by atomic mass is 35.5. The van der Waals surface area contributed by atoms with E-state index >= 15 is 0 Å². The molecule has 2 aliphatic heterocycles. The van der Waals surface area contributed by atoms with Crippen molar-refractivity contribution >= 4 is 11.6 Å². The van der Waals surface area contributed by atoms with Gasteiger partial charge >= 0.3 is 0 Å². The molecular formula is C17H25ClN2O. The first kappa shape index (κ1) is 15.3. The molecule has 3 rings (SSSR count). The standard InChI is InChI=1S/C17H25ClN2O/c18-16-6-2-1-5-15(16)17(21)13-19-11-7-14(8-12-19)20-9-3-4-10-20/h1-2,5-6,14,17,21H,3-4,7-13H2/t17-/m0/s1. The van der Waals surface area contributed by atoms with Gasteiger partial charge in [-0.15, -0.1) is 0 Å². The van der Waals surface area contributed by atoms with Gasteiger partial charge in [-0.3, -0.25) is 0 Å². The molecule has 0 unspecified atom stereocenters. The molecular weight excluding hydrogens is 284 g/mol. The second-order valence-corrected chi connectivity index (χ2v) is 6.72. The third-order valence-corrected chi connectivity index (χ3v) is 5.25. The Kier molecular flexibility index (Phi) is 5.17. The Morgan fingerprint density at radius 1 is 1.10 bits per heavy atom. The largest absolute Gasteiger partial charge is 0.387 e. The van der Waals surface area contributed by atoms with Crippen molar-refractivity contribution in [3.05, 3.63) is 34.9 Å². The van der Waals surface area contributed by atoms with Crippen LogP contribution in [0.1, 0.15) is 37.4 Å². The molecule has 21 heavy (non-hydrogen) atoms. The SMILES string of the molecule is O[C@@H](CN1CCC(N2CCCC2)CC1)c1ccccc1Cl. The summed E-state index contributed by atoms with van der Waals surface area (Å²) in [4.78, 5) is 5.03. The molecule has 0 saturated carbocycles. The van der Waals surface area contributed by atoms with Crippen LogP contribution >= 0.6 is 11.6 Å². The Morgan fingerprint density at radius 2 is 1.76 bits per heavy atom. The van der Waals surface area contributed by atoms with E-state index in [1.807, 2.05) is 24.3 Å². The molecule has 0 bridgehead atoms. The van der Waals surface area contributed by atoms with Gasteiger partial charge in [-0.05, 0) is 57.9 Å². The van der Waals surface area contributed by atoms with Gasteiger partial charge in [0.15, 0.2) is 0 Å². The van der Waals surface area contributed by atoms with E-state index in [2.05, 4.69) is 9.80 Å². The van der Waals surface area contributed by atoms with Crippen LogP contribution < -0.4 is 0 Å². The third-order valence-electron chi connectivity index (χ3n) is 4.91. The smallest absolute Gasteiger partial charge is 0.0931 e. The summed E-state index contributed by atoms with van der Waals surface area (Å²) in [5.41, 5.74) is 0.848. The Morgan fingerprint density at radius 3 is 2.43 bits per heavy atom. The predicted octanol–water partition coefficient (Wildman–Crippen LogP) is 2.93. The van der Waals surface area contributed by atoms with Gasteiger partial charge in [0.25, 0.3) is 0 Å². The fraction of sp³-hybridized carbons (Fsp3) is 0.647. The van der Waals surface area contributed by atoms with E-state index in [-0.39, 0.29) is 0 Å². The third kappa shape index (κ3) is 3.78. The van der Waals surface area contributed by atoms with Crippen LogP contribution in [0, 0.1) is 0 Å². The lowest BCUT2D eigenvalue weighted by molar-refractivity contribution is 0.0739. The number of nitrogens with zero attached hydrogens (tertiary/aromatic N) is 2. The van der Waals surface area contributed by atoms with Crippen molar-refractivity contribution in [3.63, 3.8) is 0 Å². The number of halogens is 1. The van der Waals surface area contributed by atoms with Crippen molar-refractivity contribution < 1.29 is 5.11 Å². The van der Waals surface area contributed by atoms with Gasteiger partial charge in [0, 0.05) is 23.2 Å². The van der Waals surface area contributed by atoms with Crippen molar-refractivity contribution in [2.45, 2.75) is 37.8 Å². The van der Waals surface area contributed by atoms with Gasteiger partial charge in [-0.2, -0.15) is 0 Å². The van der Waals surface area contributed by atoms with E-state index in [1.165, 1.54) is 38.8 Å². The Bertz CT molecular complexity index is 454. The van der Waals surface area contributed by atoms with Crippen LogP contribution in [0.2, 0.25) is 5.02 Å². The molecule has 1 atom stereocenters. The summed E-state index contributed by atoms with van der Waals surface area (Å²) in [6.07, 6.45) is 4.71. The first-order valence-corrected chi connectivity index (χ1v) is 8.51. The van der Waals surface area contributed by atoms with Gasteiger partial charge in [0.2, 0.25) is 0 Å². The molecule has 2 heterocycles. The van der Waals surface area contributed by atoms with Crippen LogP contribution in [0.5, 0.6) is 0 Å². The lowest BCUT2D eigenvalue weighted by Crippen LogP contribution is -2.44. The van der Waals surface area contributed by atoms with Crippen LogP contribution in [0.3, 0.4) is 0 Å². The fourth-order valence-corrected chi connectivity index (χ4v) is 3.92. The number of benzene rings is 1. The predicted molar refractivity (Wildman–Crippen MR) is 86.7 cm³/mol. The number of likely N-dealkylation sites (tertiary alicyclic amines) is 2. The van der Waals surface area contributed by atoms with Crippen molar-refractivity contribution in [2.75, 3.05) is 32.7 Å². The molecule has 4 heteroatoms. The zero-order valence-corrected chi connectivity index (χ0v) is 13.3. The summed E-state index contributed by atoms with van der Waals surface area (Å²) >= 11 is 6.16. The average molecular weight is 309 g/mol. The maximum Gasteiger partial charge on any atom is 0.0931 e. The van der Waals surface area contributed by atoms with Gasteiger partial charge in [0.05, 0.1) is 6.10 Å². The number of hydrogen-bond acceptors (Lipinski definition) is 3. The Balaban J connectivity index is 1.50. The molecule has 116 valence electrons. The van der Waals surface area contributed by atoms with Crippen LogP contribution in [-0.2, 0) is 0 Å². The van der Waals surface area contributed by atoms with Crippen LogP contribution in [0.4, 0.5) is 0 Å². The summed E-state index contributed by atoms with van der Waals surface area (Å²) < 4.78 is 0. The highest BCUT2D eigenvalue weighted by molar-refractivity contribution is 6.31. The fourth-order valence-electron chi connectivity index (χ4n) is 3.66. The van der Waals surface area contributed by atoms with Crippen molar-refractivity contribution in [2.24, 2.45) is 0 Å². The van der Waals surface area contributed by atoms with Gasteiger partial charge < -0.3 is 14.9 Å². The second-order valence-electron chi connectivity index (χ2n) is 6.31. The number of hydrogen-bond donors (Lipinski definition) is 1. The molecule has 1 aromatic carbocycles. The molecule has 0 radical (unpaired) electrons. The summed E-state index contributed by atoms with van der Waals surface area (Å²) in [5, 5.41) is 11.1. The monoisotopic (exact) mass is 308 g/mol. The lowest BCUT2D eigenvalue weighted by Gasteiger charge is -2.37. The first-order valence-electron chi connectivity index (χ1n) is 8.13. The van der Waals surface area contributed by atoms with Gasteiger partial charge in [-0.1, -0.05) is 29.8 Å². The van der Waals surface area contributed by atoms with E-state index < -0.39 is 6.10 Å². The van der Waals surface area contributed by atoms with E-state index in [0.29, 0.717) is 11.6 Å². The van der Waals surface area contributed by atoms with Crippen LogP contribution in [0.25, 0.3) is 0 Å². The maximum atomic E-state index is 10.4. The van der Waals surface area contributed by atoms with Crippen LogP contribution in [0.15, 0.2) is 24.3 Å². The minimum absolute atomic E-state index is 0.484. The minimum Gasteiger partial charge on any atom is -0.387 e. The highest BCUT2D eigenvalue weighted by Gasteiger charge is 2.27. The van der Waals surface area contributed by atoms with Gasteiger partial charge in [-0.25, -0.2) is 0 Å². The number of piperidine rings is 1.